The van der Waals surface area contributed by atoms with Gasteiger partial charge in [0.2, 0.25) is 11.9 Å². The summed E-state index contributed by atoms with van der Waals surface area (Å²) in [5.41, 5.74) is 4.17. The predicted octanol–water partition coefficient (Wildman–Crippen LogP) is 5.63. The first kappa shape index (κ1) is 25.4. The second-order valence-corrected chi connectivity index (χ2v) is 9.92. The molecule has 0 saturated carbocycles. The largest absolute Gasteiger partial charge is 0.340 e. The highest BCUT2D eigenvalue weighted by molar-refractivity contribution is 6.04. The van der Waals surface area contributed by atoms with Gasteiger partial charge in [0, 0.05) is 48.2 Å². The van der Waals surface area contributed by atoms with Gasteiger partial charge in [-0.2, -0.15) is 5.10 Å². The summed E-state index contributed by atoms with van der Waals surface area (Å²) in [6, 6.07) is 17.6. The number of para-hydroxylation sites is 1. The normalized spacial score (nSPS) is 15.4. The quantitative estimate of drug-likeness (QED) is 0.285. The number of likely N-dealkylation sites (tertiary alicyclic amines) is 1. The van der Waals surface area contributed by atoms with Crippen molar-refractivity contribution < 1.29 is 9.59 Å². The van der Waals surface area contributed by atoms with Crippen LogP contribution in [0.4, 0.5) is 5.95 Å². The molecular weight excluding hydrogens is 476 g/mol. The number of carbonyl (C=O) groups is 2. The van der Waals surface area contributed by atoms with E-state index in [1.165, 1.54) is 6.42 Å². The molecule has 2 aromatic heterocycles. The number of unbranched alkanes of at least 4 members (excludes halogenated alkanes) is 1. The summed E-state index contributed by atoms with van der Waals surface area (Å²) in [4.78, 5) is 32.7. The SMILES string of the molecule is C[C@H]1CCCCN1C(=O)CCCCc1cn(-c2ccccc2)c(NC(=O)c2cccc(-c3cn[nH]c3)c2)n1. The fourth-order valence-corrected chi connectivity index (χ4v) is 5.04. The Balaban J connectivity index is 1.26. The Bertz CT molecular complexity index is 1360. The fraction of sp³-hybridized carbons (Fsp3) is 0.333. The summed E-state index contributed by atoms with van der Waals surface area (Å²) in [7, 11) is 0. The highest BCUT2D eigenvalue weighted by Crippen LogP contribution is 2.22. The Morgan fingerprint density at radius 3 is 2.71 bits per heavy atom. The number of rotatable bonds is 9. The van der Waals surface area contributed by atoms with E-state index in [0.29, 0.717) is 24.0 Å². The zero-order valence-corrected chi connectivity index (χ0v) is 21.8. The lowest BCUT2D eigenvalue weighted by molar-refractivity contribution is -0.134. The number of hydrogen-bond acceptors (Lipinski definition) is 4. The molecule has 3 heterocycles. The van der Waals surface area contributed by atoms with Gasteiger partial charge in [-0.15, -0.1) is 0 Å². The first-order valence-electron chi connectivity index (χ1n) is 13.4. The van der Waals surface area contributed by atoms with E-state index in [1.54, 1.807) is 18.5 Å². The molecule has 2 aromatic carbocycles. The molecule has 2 N–H and O–H groups in total. The number of amides is 2. The van der Waals surface area contributed by atoms with Crippen LogP contribution in [0, 0.1) is 0 Å². The molecule has 8 heteroatoms. The highest BCUT2D eigenvalue weighted by atomic mass is 16.2. The van der Waals surface area contributed by atoms with Crippen molar-refractivity contribution in [2.75, 3.05) is 11.9 Å². The molecule has 0 unspecified atom stereocenters. The molecule has 38 heavy (non-hydrogen) atoms. The van der Waals surface area contributed by atoms with Crippen molar-refractivity contribution >= 4 is 17.8 Å². The molecule has 0 radical (unpaired) electrons. The van der Waals surface area contributed by atoms with E-state index in [-0.39, 0.29) is 11.8 Å². The molecule has 1 atom stereocenters. The number of aryl methyl sites for hydroxylation is 1. The van der Waals surface area contributed by atoms with Crippen LogP contribution in [-0.4, -0.2) is 49.0 Å². The molecular formula is C30H34N6O2. The Kier molecular flexibility index (Phi) is 7.97. The third-order valence-corrected chi connectivity index (χ3v) is 7.17. The van der Waals surface area contributed by atoms with Gasteiger partial charge in [0.05, 0.1) is 11.9 Å². The summed E-state index contributed by atoms with van der Waals surface area (Å²) in [6.45, 7) is 3.03. The van der Waals surface area contributed by atoms with E-state index in [1.807, 2.05) is 64.2 Å². The minimum absolute atomic E-state index is 0.231. The lowest BCUT2D eigenvalue weighted by Crippen LogP contribution is -2.41. The van der Waals surface area contributed by atoms with Gasteiger partial charge in [0.15, 0.2) is 0 Å². The van der Waals surface area contributed by atoms with E-state index in [9.17, 15) is 9.59 Å². The van der Waals surface area contributed by atoms with Crippen molar-refractivity contribution in [2.45, 2.75) is 57.9 Å². The smallest absolute Gasteiger partial charge is 0.258 e. The molecule has 4 aromatic rings. The van der Waals surface area contributed by atoms with Gasteiger partial charge in [-0.3, -0.25) is 24.6 Å². The van der Waals surface area contributed by atoms with Crippen molar-refractivity contribution in [3.63, 3.8) is 0 Å². The molecule has 196 valence electrons. The third kappa shape index (κ3) is 6.02. The monoisotopic (exact) mass is 510 g/mol. The van der Waals surface area contributed by atoms with Crippen LogP contribution in [0.3, 0.4) is 0 Å². The summed E-state index contributed by atoms with van der Waals surface area (Å²) >= 11 is 0. The number of carbonyl (C=O) groups excluding carboxylic acids is 2. The van der Waals surface area contributed by atoms with Crippen LogP contribution in [0.1, 0.15) is 61.5 Å². The lowest BCUT2D eigenvalue weighted by atomic mass is 10.0. The molecule has 8 nitrogen and oxygen atoms in total. The molecule has 0 spiro atoms. The second kappa shape index (κ2) is 11.9. The van der Waals surface area contributed by atoms with Gasteiger partial charge in [-0.05, 0) is 75.3 Å². The number of aromatic nitrogens is 4. The van der Waals surface area contributed by atoms with Crippen molar-refractivity contribution in [3.05, 3.63) is 84.4 Å². The fourth-order valence-electron chi connectivity index (χ4n) is 5.04. The molecule has 0 bridgehead atoms. The molecule has 1 saturated heterocycles. The molecule has 5 rings (SSSR count). The van der Waals surface area contributed by atoms with Crippen molar-refractivity contribution in [1.29, 1.82) is 0 Å². The standard InChI is InChI=1S/C30H34N6O2/c1-22-10-7-8-17-35(22)28(37)16-6-5-13-26-21-36(27-14-3-2-4-15-27)30(33-26)34-29(38)24-12-9-11-23(18-24)25-19-31-32-20-25/h2-4,9,11-12,14-15,18-22H,5-8,10,13,16-17H2,1H3,(H,31,32)(H,33,34,38)/t22-/m0/s1. The lowest BCUT2D eigenvalue weighted by Gasteiger charge is -2.33. The predicted molar refractivity (Wildman–Crippen MR) is 148 cm³/mol. The number of aromatic amines is 1. The average Bonchev–Trinajstić information content (AvgIpc) is 3.63. The number of anilines is 1. The van der Waals surface area contributed by atoms with Crippen LogP contribution in [0.25, 0.3) is 16.8 Å². The maximum Gasteiger partial charge on any atom is 0.258 e. The number of benzene rings is 2. The van der Waals surface area contributed by atoms with Gasteiger partial charge in [-0.25, -0.2) is 4.98 Å². The minimum atomic E-state index is -0.231. The number of nitrogens with one attached hydrogen (secondary N) is 2. The summed E-state index contributed by atoms with van der Waals surface area (Å²) in [5, 5.41) is 9.81. The number of H-pyrrole nitrogens is 1. The van der Waals surface area contributed by atoms with E-state index in [2.05, 4.69) is 22.4 Å². The first-order valence-corrected chi connectivity index (χ1v) is 13.4. The molecule has 1 fully saturated rings. The van der Waals surface area contributed by atoms with Gasteiger partial charge in [0.1, 0.15) is 0 Å². The Labute approximate surface area is 223 Å². The Morgan fingerprint density at radius 1 is 1.05 bits per heavy atom. The number of hydrogen-bond donors (Lipinski definition) is 2. The Morgan fingerprint density at radius 2 is 1.92 bits per heavy atom. The molecule has 2 amide bonds. The first-order chi connectivity index (χ1) is 18.6. The number of piperidine rings is 1. The number of nitrogens with zero attached hydrogens (tertiary/aromatic N) is 4. The van der Waals surface area contributed by atoms with Gasteiger partial charge >= 0.3 is 0 Å². The van der Waals surface area contributed by atoms with Crippen molar-refractivity contribution in [1.82, 2.24) is 24.6 Å². The van der Waals surface area contributed by atoms with Gasteiger partial charge in [-0.1, -0.05) is 30.3 Å². The highest BCUT2D eigenvalue weighted by Gasteiger charge is 2.22. The van der Waals surface area contributed by atoms with Crippen LogP contribution >= 0.6 is 0 Å². The van der Waals surface area contributed by atoms with Crippen molar-refractivity contribution in [2.24, 2.45) is 0 Å². The second-order valence-electron chi connectivity index (χ2n) is 9.92. The zero-order chi connectivity index (χ0) is 26.3. The minimum Gasteiger partial charge on any atom is -0.340 e. The van der Waals surface area contributed by atoms with Crippen LogP contribution in [0.15, 0.2) is 73.2 Å². The molecule has 1 aliphatic rings. The molecule has 1 aliphatic heterocycles. The van der Waals surface area contributed by atoms with Crippen LogP contribution in [-0.2, 0) is 11.2 Å². The van der Waals surface area contributed by atoms with E-state index < -0.39 is 0 Å². The summed E-state index contributed by atoms with van der Waals surface area (Å²) in [6.07, 6.45) is 11.9. The van der Waals surface area contributed by atoms with E-state index >= 15 is 0 Å². The molecule has 0 aliphatic carbocycles. The third-order valence-electron chi connectivity index (χ3n) is 7.17. The Hall–Kier alpha value is -4.20. The zero-order valence-electron chi connectivity index (χ0n) is 21.8. The van der Waals surface area contributed by atoms with Crippen molar-refractivity contribution in [3.8, 4) is 16.8 Å². The van der Waals surface area contributed by atoms with E-state index in [0.717, 1.165) is 61.2 Å². The maximum absolute atomic E-state index is 13.2. The van der Waals surface area contributed by atoms with E-state index in [4.69, 9.17) is 4.98 Å². The summed E-state index contributed by atoms with van der Waals surface area (Å²) in [5.74, 6) is 0.506. The van der Waals surface area contributed by atoms with Crippen LogP contribution in [0.2, 0.25) is 0 Å². The maximum atomic E-state index is 13.2. The average molecular weight is 511 g/mol. The summed E-state index contributed by atoms with van der Waals surface area (Å²) < 4.78 is 1.91. The van der Waals surface area contributed by atoms with Gasteiger partial charge < -0.3 is 4.90 Å². The van der Waals surface area contributed by atoms with Crippen LogP contribution < -0.4 is 5.32 Å². The number of imidazole rings is 1. The van der Waals surface area contributed by atoms with Crippen LogP contribution in [0.5, 0.6) is 0 Å². The topological polar surface area (TPSA) is 95.9 Å². The van der Waals surface area contributed by atoms with Gasteiger partial charge in [0.25, 0.3) is 5.91 Å².